The second kappa shape index (κ2) is 4.36. The summed E-state index contributed by atoms with van der Waals surface area (Å²) in [6.07, 6.45) is 1.84. The highest BCUT2D eigenvalue weighted by atomic mass is 19.1. The molecule has 0 aliphatic rings. The third kappa shape index (κ3) is 1.64. The molecule has 0 radical (unpaired) electrons. The van der Waals surface area contributed by atoms with Gasteiger partial charge in [0.2, 0.25) is 0 Å². The first-order valence-corrected chi connectivity index (χ1v) is 5.74. The number of aryl methyl sites for hydroxylation is 1. The first-order valence-electron chi connectivity index (χ1n) is 5.74. The number of hydrogen-bond acceptors (Lipinski definition) is 3. The summed E-state index contributed by atoms with van der Waals surface area (Å²) in [4.78, 5) is 30.0. The van der Waals surface area contributed by atoms with Gasteiger partial charge in [0, 0.05) is 12.6 Å². The highest BCUT2D eigenvalue weighted by Crippen LogP contribution is 2.24. The fourth-order valence-electron chi connectivity index (χ4n) is 2.02. The number of hydrogen-bond donors (Lipinski definition) is 1. The van der Waals surface area contributed by atoms with Gasteiger partial charge in [0.05, 0.1) is 11.7 Å². The Hall–Kier alpha value is -1.98. The lowest BCUT2D eigenvalue weighted by atomic mass is 9.96. The number of nitrogens with zero attached hydrogens (tertiary/aromatic N) is 2. The molecule has 96 valence electrons. The van der Waals surface area contributed by atoms with Gasteiger partial charge in [-0.3, -0.25) is 14.2 Å². The number of rotatable bonds is 2. The Morgan fingerprint density at radius 2 is 2.17 bits per heavy atom. The third-order valence-corrected chi connectivity index (χ3v) is 3.25. The Balaban J connectivity index is 3.09. The van der Waals surface area contributed by atoms with Crippen molar-refractivity contribution in [3.8, 4) is 0 Å². The number of aromatic amines is 1. The molecule has 0 fully saturated rings. The Kier molecular flexibility index (Phi) is 3.02. The number of fused-ring (bicyclic) bond motifs is 1. The number of nitrogens with one attached hydrogen (secondary N) is 1. The fourth-order valence-corrected chi connectivity index (χ4v) is 2.02. The zero-order chi connectivity index (χ0) is 13.4. The average molecular weight is 251 g/mol. The molecule has 2 heterocycles. The minimum atomic E-state index is -0.863. The molecular weight excluding hydrogens is 237 g/mol. The summed E-state index contributed by atoms with van der Waals surface area (Å²) < 4.78 is 15.2. The smallest absolute Gasteiger partial charge is 0.288 e. The van der Waals surface area contributed by atoms with Crippen LogP contribution < -0.4 is 11.1 Å². The van der Waals surface area contributed by atoms with Crippen LogP contribution in [-0.2, 0) is 7.05 Å². The van der Waals surface area contributed by atoms with Gasteiger partial charge in [-0.2, -0.15) is 0 Å². The Morgan fingerprint density at radius 1 is 1.50 bits per heavy atom. The molecule has 0 spiro atoms. The summed E-state index contributed by atoms with van der Waals surface area (Å²) in [7, 11) is 1.40. The van der Waals surface area contributed by atoms with Crippen molar-refractivity contribution in [2.45, 2.75) is 26.2 Å². The number of halogens is 1. The van der Waals surface area contributed by atoms with Crippen molar-refractivity contribution in [2.75, 3.05) is 0 Å². The maximum atomic E-state index is 14.1. The zero-order valence-electron chi connectivity index (χ0n) is 10.5. The molecule has 0 saturated heterocycles. The second-order valence-electron chi connectivity index (χ2n) is 4.33. The van der Waals surface area contributed by atoms with Crippen molar-refractivity contribution in [1.82, 2.24) is 14.5 Å². The third-order valence-electron chi connectivity index (χ3n) is 3.25. The zero-order valence-corrected chi connectivity index (χ0v) is 10.5. The Morgan fingerprint density at radius 3 is 2.78 bits per heavy atom. The summed E-state index contributed by atoms with van der Waals surface area (Å²) in [5, 5.41) is 0.159. The van der Waals surface area contributed by atoms with E-state index in [1.807, 2.05) is 6.92 Å². The van der Waals surface area contributed by atoms with E-state index >= 15 is 0 Å². The molecule has 2 aromatic rings. The van der Waals surface area contributed by atoms with Gasteiger partial charge in [-0.15, -0.1) is 0 Å². The van der Waals surface area contributed by atoms with Crippen LogP contribution in [-0.4, -0.2) is 14.5 Å². The molecule has 0 amide bonds. The summed E-state index contributed by atoms with van der Waals surface area (Å²) >= 11 is 0. The van der Waals surface area contributed by atoms with E-state index in [-0.39, 0.29) is 22.5 Å². The summed E-state index contributed by atoms with van der Waals surface area (Å²) in [5.41, 5.74) is -0.814. The quantitative estimate of drug-likeness (QED) is 0.874. The van der Waals surface area contributed by atoms with E-state index in [9.17, 15) is 14.0 Å². The van der Waals surface area contributed by atoms with Gasteiger partial charge >= 0.3 is 0 Å². The van der Waals surface area contributed by atoms with Gasteiger partial charge < -0.3 is 4.98 Å². The molecule has 0 aromatic carbocycles. The van der Waals surface area contributed by atoms with Gasteiger partial charge in [-0.1, -0.05) is 13.8 Å². The molecule has 6 heteroatoms. The highest BCUT2D eigenvalue weighted by Gasteiger charge is 2.21. The van der Waals surface area contributed by atoms with E-state index in [2.05, 4.69) is 9.97 Å². The maximum absolute atomic E-state index is 14.1. The molecule has 2 rings (SSSR count). The van der Waals surface area contributed by atoms with Crippen LogP contribution in [0.1, 0.15) is 31.7 Å². The van der Waals surface area contributed by atoms with Crippen LogP contribution in [0.5, 0.6) is 0 Å². The summed E-state index contributed by atoms with van der Waals surface area (Å²) in [6.45, 7) is 3.65. The molecule has 2 aromatic heterocycles. The molecule has 1 unspecified atom stereocenters. The lowest BCUT2D eigenvalue weighted by molar-refractivity contribution is 0.559. The minimum Gasteiger partial charge on any atom is -0.312 e. The molecule has 0 aliphatic carbocycles. The normalized spacial score (nSPS) is 12.9. The van der Waals surface area contributed by atoms with Crippen molar-refractivity contribution in [2.24, 2.45) is 7.05 Å². The number of pyridine rings is 1. The first kappa shape index (κ1) is 12.5. The highest BCUT2D eigenvalue weighted by molar-refractivity contribution is 5.78. The van der Waals surface area contributed by atoms with Gasteiger partial charge in [0.1, 0.15) is 5.65 Å². The predicted molar refractivity (Wildman–Crippen MR) is 66.3 cm³/mol. The van der Waals surface area contributed by atoms with Gasteiger partial charge in [-0.25, -0.2) is 9.37 Å². The maximum Gasteiger partial charge on any atom is 0.288 e. The van der Waals surface area contributed by atoms with Gasteiger partial charge in [-0.05, 0) is 12.3 Å². The fraction of sp³-hybridized carbons (Fsp3) is 0.417. The molecule has 0 bridgehead atoms. The lowest BCUT2D eigenvalue weighted by Gasteiger charge is -2.14. The molecule has 1 N–H and O–H groups in total. The monoisotopic (exact) mass is 251 g/mol. The summed E-state index contributed by atoms with van der Waals surface area (Å²) in [6, 6.07) is 0. The van der Waals surface area contributed by atoms with E-state index in [1.165, 1.54) is 13.4 Å². The molecular formula is C12H14FN3O2. The molecule has 0 aliphatic heterocycles. The van der Waals surface area contributed by atoms with Crippen LogP contribution in [0.4, 0.5) is 4.39 Å². The van der Waals surface area contributed by atoms with Crippen LogP contribution in [0.2, 0.25) is 0 Å². The van der Waals surface area contributed by atoms with Crippen LogP contribution in [0.3, 0.4) is 0 Å². The largest absolute Gasteiger partial charge is 0.312 e. The van der Waals surface area contributed by atoms with Crippen LogP contribution in [0.15, 0.2) is 15.9 Å². The predicted octanol–water partition coefficient (Wildman–Crippen LogP) is 1.27. The summed E-state index contributed by atoms with van der Waals surface area (Å²) in [5.74, 6) is -1.08. The second-order valence-corrected chi connectivity index (χ2v) is 4.33. The Bertz CT molecular complexity index is 718. The minimum absolute atomic E-state index is 0.157. The lowest BCUT2D eigenvalue weighted by Crippen LogP contribution is -2.27. The van der Waals surface area contributed by atoms with Crippen LogP contribution >= 0.6 is 0 Å². The Labute approximate surface area is 102 Å². The van der Waals surface area contributed by atoms with Crippen molar-refractivity contribution in [3.05, 3.63) is 38.4 Å². The van der Waals surface area contributed by atoms with Crippen molar-refractivity contribution >= 4 is 11.0 Å². The average Bonchev–Trinajstić information content (AvgIpc) is 2.37. The van der Waals surface area contributed by atoms with Crippen LogP contribution in [0, 0.1) is 5.82 Å². The molecule has 18 heavy (non-hydrogen) atoms. The van der Waals surface area contributed by atoms with Crippen molar-refractivity contribution < 1.29 is 4.39 Å². The van der Waals surface area contributed by atoms with E-state index in [0.29, 0.717) is 6.42 Å². The van der Waals surface area contributed by atoms with Crippen molar-refractivity contribution in [1.29, 1.82) is 0 Å². The van der Waals surface area contributed by atoms with E-state index in [0.717, 1.165) is 4.57 Å². The van der Waals surface area contributed by atoms with Crippen molar-refractivity contribution in [3.63, 3.8) is 0 Å². The molecule has 0 saturated carbocycles. The standard InChI is InChI=1S/C12H14FN3O2/c1-4-6(2)7-8-10(14-5-15-11(8)17)16(3)12(18)9(7)13/h5-6H,4H2,1-3H3,(H,14,15,17). The van der Waals surface area contributed by atoms with E-state index in [1.54, 1.807) is 6.92 Å². The van der Waals surface area contributed by atoms with E-state index < -0.39 is 16.9 Å². The van der Waals surface area contributed by atoms with Gasteiger partial charge in [0.15, 0.2) is 5.82 Å². The van der Waals surface area contributed by atoms with E-state index in [4.69, 9.17) is 0 Å². The molecule has 1 atom stereocenters. The first-order chi connectivity index (χ1) is 8.49. The number of H-pyrrole nitrogens is 1. The van der Waals surface area contributed by atoms with Gasteiger partial charge in [0.25, 0.3) is 11.1 Å². The number of aromatic nitrogens is 3. The van der Waals surface area contributed by atoms with Crippen LogP contribution in [0.25, 0.3) is 11.0 Å². The topological polar surface area (TPSA) is 67.8 Å². The molecule has 5 nitrogen and oxygen atoms in total. The SMILES string of the molecule is CCC(C)c1c(F)c(=O)n(C)c2nc[nH]c(=O)c12.